The first kappa shape index (κ1) is 29.3. The van der Waals surface area contributed by atoms with E-state index in [1.54, 1.807) is 4.68 Å². The summed E-state index contributed by atoms with van der Waals surface area (Å²) in [6, 6.07) is 3.86. The number of nitrogens with one attached hydrogen (secondary N) is 1. The third kappa shape index (κ3) is 5.48. The normalized spacial score (nSPS) is 17.9. The topological polar surface area (TPSA) is 149 Å². The molecule has 40 heavy (non-hydrogen) atoms. The van der Waals surface area contributed by atoms with E-state index in [-0.39, 0.29) is 40.9 Å². The van der Waals surface area contributed by atoms with Crippen LogP contribution in [0.5, 0.6) is 11.6 Å². The van der Waals surface area contributed by atoms with E-state index in [0.29, 0.717) is 38.9 Å². The molecule has 1 amide bonds. The summed E-state index contributed by atoms with van der Waals surface area (Å²) in [6.45, 7) is 3.07. The quantitative estimate of drug-likeness (QED) is 0.468. The number of carbonyl (C=O) groups excluding carboxylic acids is 1. The molecule has 3 heterocycles. The van der Waals surface area contributed by atoms with Crippen molar-refractivity contribution in [2.75, 3.05) is 23.3 Å². The second-order valence-corrected chi connectivity index (χ2v) is 11.9. The number of hydrogen-bond acceptors (Lipinski definition) is 8. The van der Waals surface area contributed by atoms with Crippen LogP contribution in [0.15, 0.2) is 23.1 Å². The number of benzene rings is 1. The van der Waals surface area contributed by atoms with E-state index in [2.05, 4.69) is 15.2 Å². The average molecular weight is 591 g/mol. The van der Waals surface area contributed by atoms with Gasteiger partial charge in [0.2, 0.25) is 5.60 Å². The minimum atomic E-state index is -4.83. The van der Waals surface area contributed by atoms with Gasteiger partial charge in [-0.1, -0.05) is 6.92 Å². The van der Waals surface area contributed by atoms with Crippen LogP contribution in [0.2, 0.25) is 0 Å². The van der Waals surface area contributed by atoms with Gasteiger partial charge < -0.3 is 19.3 Å². The van der Waals surface area contributed by atoms with Gasteiger partial charge in [-0.15, -0.1) is 5.10 Å². The predicted molar refractivity (Wildman–Crippen MR) is 134 cm³/mol. The molecule has 0 radical (unpaired) electrons. The Bertz CT molecular complexity index is 1420. The molecular formula is C24H29F3N4O8S. The minimum Gasteiger partial charge on any atom is -0.486 e. The SMILES string of the molecule is COc1nn2c(c1S(=O)(=O)N1C[C@H](C[C@@H](C)C(=O)O)Oc3ccc(NC(=O)OC(C)(C)C(F)(F)F)cc31)CCC2. The molecule has 2 aromatic rings. The van der Waals surface area contributed by atoms with E-state index in [4.69, 9.17) is 9.47 Å². The molecule has 220 valence electrons. The van der Waals surface area contributed by atoms with Crippen molar-refractivity contribution >= 4 is 33.5 Å². The van der Waals surface area contributed by atoms with Gasteiger partial charge in [0.05, 0.1) is 31.0 Å². The highest BCUT2D eigenvalue weighted by Crippen LogP contribution is 2.43. The highest BCUT2D eigenvalue weighted by atomic mass is 32.2. The molecule has 1 aromatic carbocycles. The fourth-order valence-electron chi connectivity index (χ4n) is 4.45. The van der Waals surface area contributed by atoms with Gasteiger partial charge in [0.25, 0.3) is 15.9 Å². The Hall–Kier alpha value is -3.69. The molecule has 0 bridgehead atoms. The van der Waals surface area contributed by atoms with Crippen molar-refractivity contribution in [3.8, 4) is 11.6 Å². The molecule has 0 fully saturated rings. The highest BCUT2D eigenvalue weighted by Gasteiger charge is 2.51. The Morgan fingerprint density at radius 3 is 2.62 bits per heavy atom. The number of amides is 1. The summed E-state index contributed by atoms with van der Waals surface area (Å²) in [5, 5.41) is 15.8. The van der Waals surface area contributed by atoms with Gasteiger partial charge in [-0.05, 0) is 51.3 Å². The molecule has 2 aliphatic heterocycles. The van der Waals surface area contributed by atoms with E-state index >= 15 is 0 Å². The van der Waals surface area contributed by atoms with Crippen molar-refractivity contribution in [3.63, 3.8) is 0 Å². The lowest BCUT2D eigenvalue weighted by Gasteiger charge is -2.36. The van der Waals surface area contributed by atoms with Crippen LogP contribution in [0.1, 0.15) is 39.3 Å². The van der Waals surface area contributed by atoms with Crippen molar-refractivity contribution in [3.05, 3.63) is 23.9 Å². The van der Waals surface area contributed by atoms with Crippen LogP contribution < -0.4 is 19.1 Å². The van der Waals surface area contributed by atoms with Gasteiger partial charge in [0.15, 0.2) is 4.90 Å². The first-order valence-electron chi connectivity index (χ1n) is 12.3. The molecule has 0 unspecified atom stereocenters. The van der Waals surface area contributed by atoms with Crippen LogP contribution in [-0.2, 0) is 32.5 Å². The summed E-state index contributed by atoms with van der Waals surface area (Å²) in [6.07, 6.45) is -5.98. The Labute approximate surface area is 228 Å². The zero-order chi connectivity index (χ0) is 29.6. The fraction of sp³-hybridized carbons (Fsp3) is 0.542. The number of halogens is 3. The number of hydrogen-bond donors (Lipinski definition) is 2. The fourth-order valence-corrected chi connectivity index (χ4v) is 6.29. The molecule has 2 aliphatic rings. The standard InChI is InChI=1S/C24H29F3N4O8S/c1-13(21(32)33)10-15-12-31(40(35,36)19-16-6-5-9-30(16)29-20(19)37-4)17-11-14(7-8-18(17)38-15)28-22(34)39-23(2,3)24(25,26)27/h7-8,11,13,15H,5-6,9-10,12H2,1-4H3,(H,28,34)(H,32,33)/t13-,15+/m1/s1. The monoisotopic (exact) mass is 590 g/mol. The van der Waals surface area contributed by atoms with Crippen LogP contribution >= 0.6 is 0 Å². The zero-order valence-electron chi connectivity index (χ0n) is 22.1. The van der Waals surface area contributed by atoms with Gasteiger partial charge in [0, 0.05) is 12.2 Å². The van der Waals surface area contributed by atoms with Crippen molar-refractivity contribution in [1.29, 1.82) is 0 Å². The average Bonchev–Trinajstić information content (AvgIpc) is 3.43. The number of sulfonamides is 1. The van der Waals surface area contributed by atoms with Crippen LogP contribution in [0.3, 0.4) is 0 Å². The van der Waals surface area contributed by atoms with E-state index in [1.807, 2.05) is 0 Å². The molecule has 4 rings (SSSR count). The molecule has 1 aromatic heterocycles. The number of carbonyl (C=O) groups is 2. The van der Waals surface area contributed by atoms with Crippen LogP contribution in [0.25, 0.3) is 0 Å². The second-order valence-electron chi connectivity index (χ2n) is 10.1. The van der Waals surface area contributed by atoms with Crippen molar-refractivity contribution in [2.24, 2.45) is 5.92 Å². The lowest BCUT2D eigenvalue weighted by molar-refractivity contribution is -0.242. The van der Waals surface area contributed by atoms with E-state index in [0.717, 1.165) is 4.31 Å². The zero-order valence-corrected chi connectivity index (χ0v) is 22.9. The first-order valence-corrected chi connectivity index (χ1v) is 13.8. The lowest BCUT2D eigenvalue weighted by Crippen LogP contribution is -2.45. The summed E-state index contributed by atoms with van der Waals surface area (Å²) in [4.78, 5) is 23.6. The number of methoxy groups -OCH3 is 1. The summed E-state index contributed by atoms with van der Waals surface area (Å²) in [5.74, 6) is -1.97. The Morgan fingerprint density at radius 1 is 1.30 bits per heavy atom. The van der Waals surface area contributed by atoms with Crippen LogP contribution in [0, 0.1) is 5.92 Å². The van der Waals surface area contributed by atoms with E-state index in [1.165, 1.54) is 32.2 Å². The minimum absolute atomic E-state index is 0.0110. The Morgan fingerprint density at radius 2 is 2.00 bits per heavy atom. The summed E-state index contributed by atoms with van der Waals surface area (Å²) in [7, 11) is -3.09. The maximum absolute atomic E-state index is 14.1. The number of rotatable bonds is 8. The highest BCUT2D eigenvalue weighted by molar-refractivity contribution is 7.93. The van der Waals surface area contributed by atoms with Gasteiger partial charge in [0.1, 0.15) is 11.9 Å². The van der Waals surface area contributed by atoms with Crippen molar-refractivity contribution in [1.82, 2.24) is 9.78 Å². The van der Waals surface area contributed by atoms with Gasteiger partial charge in [-0.3, -0.25) is 19.1 Å². The number of aryl methyl sites for hydroxylation is 1. The lowest BCUT2D eigenvalue weighted by atomic mass is 10.0. The van der Waals surface area contributed by atoms with Crippen molar-refractivity contribution in [2.45, 2.75) is 69.4 Å². The number of anilines is 2. The van der Waals surface area contributed by atoms with Crippen LogP contribution in [-0.4, -0.2) is 66.9 Å². The summed E-state index contributed by atoms with van der Waals surface area (Å²) < 4.78 is 86.0. The molecule has 0 spiro atoms. The Balaban J connectivity index is 1.73. The molecule has 0 saturated heterocycles. The number of aromatic nitrogens is 2. The molecular weight excluding hydrogens is 561 g/mol. The molecule has 0 aliphatic carbocycles. The first-order chi connectivity index (χ1) is 18.5. The number of carboxylic acids is 1. The second kappa shape index (κ2) is 10.4. The third-order valence-corrected chi connectivity index (χ3v) is 8.56. The van der Waals surface area contributed by atoms with Gasteiger partial charge in [-0.2, -0.15) is 13.2 Å². The number of aliphatic carboxylic acids is 1. The number of nitrogens with zero attached hydrogens (tertiary/aromatic N) is 3. The maximum Gasteiger partial charge on any atom is 0.427 e. The van der Waals surface area contributed by atoms with E-state index in [9.17, 15) is 36.3 Å². The Kier molecular flexibility index (Phi) is 7.60. The molecule has 0 saturated carbocycles. The third-order valence-electron chi connectivity index (χ3n) is 6.71. The smallest absolute Gasteiger partial charge is 0.427 e. The largest absolute Gasteiger partial charge is 0.486 e. The molecule has 2 atom stereocenters. The number of alkyl halides is 3. The van der Waals surface area contributed by atoms with Gasteiger partial charge >= 0.3 is 18.2 Å². The summed E-state index contributed by atoms with van der Waals surface area (Å²) in [5.41, 5.74) is -2.41. The van der Waals surface area contributed by atoms with Crippen LogP contribution in [0.4, 0.5) is 29.3 Å². The summed E-state index contributed by atoms with van der Waals surface area (Å²) >= 11 is 0. The molecule has 2 N–H and O–H groups in total. The van der Waals surface area contributed by atoms with Gasteiger partial charge in [-0.25, -0.2) is 13.2 Å². The molecule has 16 heteroatoms. The number of carboxylic acid groups (broad SMARTS) is 1. The number of ether oxygens (including phenoxy) is 3. The van der Waals surface area contributed by atoms with E-state index < -0.39 is 45.9 Å². The maximum atomic E-state index is 14.1. The molecule has 12 nitrogen and oxygen atoms in total. The predicted octanol–water partition coefficient (Wildman–Crippen LogP) is 3.79. The van der Waals surface area contributed by atoms with Crippen molar-refractivity contribution < 1.29 is 50.5 Å². The number of fused-ring (bicyclic) bond motifs is 2.